The van der Waals surface area contributed by atoms with E-state index in [4.69, 9.17) is 4.74 Å². The van der Waals surface area contributed by atoms with Gasteiger partial charge >= 0.3 is 11.9 Å². The molecule has 1 aromatic carbocycles. The number of hydrogen-bond donors (Lipinski definition) is 0. The summed E-state index contributed by atoms with van der Waals surface area (Å²) < 4.78 is 9.68. The van der Waals surface area contributed by atoms with Gasteiger partial charge in [0.25, 0.3) is 0 Å². The van der Waals surface area contributed by atoms with Crippen LogP contribution in [0.4, 0.5) is 0 Å². The second kappa shape index (κ2) is 6.03. The van der Waals surface area contributed by atoms with Gasteiger partial charge in [0.2, 0.25) is 0 Å². The van der Waals surface area contributed by atoms with Crippen LogP contribution in [-0.4, -0.2) is 25.7 Å². The van der Waals surface area contributed by atoms with Crippen molar-refractivity contribution in [2.75, 3.05) is 13.7 Å². The third kappa shape index (κ3) is 3.59. The number of esters is 2. The number of hydrogen-bond acceptors (Lipinski definition) is 4. The molecule has 1 rings (SSSR count). The lowest BCUT2D eigenvalue weighted by molar-refractivity contribution is 0.0445. The number of rotatable bonds is 4. The standard InChI is InChI=1S/C13H16O4/c1-9(2)8-17-13(15)11-7-5-4-6-10(11)12(14)16-3/h4-7,9H,8H2,1-3H3. The van der Waals surface area contributed by atoms with Crippen LogP contribution in [0.1, 0.15) is 34.6 Å². The summed E-state index contributed by atoms with van der Waals surface area (Å²) >= 11 is 0. The Morgan fingerprint density at radius 3 is 2.12 bits per heavy atom. The predicted molar refractivity (Wildman–Crippen MR) is 62.9 cm³/mol. The second-order valence-electron chi connectivity index (χ2n) is 4.03. The zero-order chi connectivity index (χ0) is 12.8. The Balaban J connectivity index is 2.89. The monoisotopic (exact) mass is 236 g/mol. The number of benzene rings is 1. The van der Waals surface area contributed by atoms with Crippen LogP contribution in [0, 0.1) is 5.92 Å². The van der Waals surface area contributed by atoms with E-state index in [9.17, 15) is 9.59 Å². The molecule has 0 saturated heterocycles. The first-order chi connectivity index (χ1) is 8.06. The third-order valence-electron chi connectivity index (χ3n) is 2.10. The molecular weight excluding hydrogens is 220 g/mol. The summed E-state index contributed by atoms with van der Waals surface area (Å²) in [5.41, 5.74) is 0.462. The number of ether oxygens (including phenoxy) is 2. The topological polar surface area (TPSA) is 52.6 Å². The first-order valence-electron chi connectivity index (χ1n) is 5.40. The van der Waals surface area contributed by atoms with Crippen molar-refractivity contribution in [1.82, 2.24) is 0 Å². The van der Waals surface area contributed by atoms with Crippen LogP contribution in [0.25, 0.3) is 0 Å². The van der Waals surface area contributed by atoms with Crippen LogP contribution in [0.15, 0.2) is 24.3 Å². The van der Waals surface area contributed by atoms with Crippen LogP contribution < -0.4 is 0 Å². The van der Waals surface area contributed by atoms with E-state index in [-0.39, 0.29) is 17.0 Å². The van der Waals surface area contributed by atoms with E-state index in [1.54, 1.807) is 18.2 Å². The van der Waals surface area contributed by atoms with Crippen molar-refractivity contribution >= 4 is 11.9 Å². The van der Waals surface area contributed by atoms with Gasteiger partial charge in [-0.25, -0.2) is 9.59 Å². The van der Waals surface area contributed by atoms with Crippen molar-refractivity contribution < 1.29 is 19.1 Å². The van der Waals surface area contributed by atoms with Crippen LogP contribution in [0.3, 0.4) is 0 Å². The molecule has 0 heterocycles. The quantitative estimate of drug-likeness (QED) is 0.752. The molecule has 0 bridgehead atoms. The van der Waals surface area contributed by atoms with E-state index < -0.39 is 11.9 Å². The highest BCUT2D eigenvalue weighted by Crippen LogP contribution is 2.12. The molecule has 0 radical (unpaired) electrons. The molecule has 0 aromatic heterocycles. The fourth-order valence-electron chi connectivity index (χ4n) is 1.27. The molecule has 0 unspecified atom stereocenters. The summed E-state index contributed by atoms with van der Waals surface area (Å²) in [5, 5.41) is 0. The lowest BCUT2D eigenvalue weighted by Gasteiger charge is -2.09. The highest BCUT2D eigenvalue weighted by molar-refractivity contribution is 6.03. The molecule has 0 fully saturated rings. The zero-order valence-electron chi connectivity index (χ0n) is 10.2. The van der Waals surface area contributed by atoms with Crippen molar-refractivity contribution in [3.63, 3.8) is 0 Å². The van der Waals surface area contributed by atoms with Crippen molar-refractivity contribution in [2.24, 2.45) is 5.92 Å². The summed E-state index contributed by atoms with van der Waals surface area (Å²) in [6, 6.07) is 6.44. The summed E-state index contributed by atoms with van der Waals surface area (Å²) in [6.07, 6.45) is 0. The Labute approximate surface area is 101 Å². The lowest BCUT2D eigenvalue weighted by Crippen LogP contribution is -2.15. The maximum atomic E-state index is 11.8. The minimum atomic E-state index is -0.540. The molecule has 17 heavy (non-hydrogen) atoms. The molecule has 0 amide bonds. The van der Waals surface area contributed by atoms with E-state index >= 15 is 0 Å². The van der Waals surface area contributed by atoms with Gasteiger partial charge in [0.05, 0.1) is 24.8 Å². The molecule has 0 saturated carbocycles. The molecular formula is C13H16O4. The van der Waals surface area contributed by atoms with Crippen LogP contribution >= 0.6 is 0 Å². The Hall–Kier alpha value is -1.84. The van der Waals surface area contributed by atoms with Gasteiger partial charge < -0.3 is 9.47 Å². The van der Waals surface area contributed by atoms with E-state index in [0.717, 1.165) is 0 Å². The Morgan fingerprint density at radius 1 is 1.12 bits per heavy atom. The van der Waals surface area contributed by atoms with E-state index in [0.29, 0.717) is 6.61 Å². The van der Waals surface area contributed by atoms with Gasteiger partial charge in [-0.2, -0.15) is 0 Å². The minimum Gasteiger partial charge on any atom is -0.465 e. The van der Waals surface area contributed by atoms with Gasteiger partial charge in [0.15, 0.2) is 0 Å². The molecule has 4 nitrogen and oxygen atoms in total. The van der Waals surface area contributed by atoms with Gasteiger partial charge in [-0.05, 0) is 18.1 Å². The zero-order valence-corrected chi connectivity index (χ0v) is 10.2. The number of methoxy groups -OCH3 is 1. The molecule has 0 spiro atoms. The van der Waals surface area contributed by atoms with E-state index in [2.05, 4.69) is 4.74 Å². The van der Waals surface area contributed by atoms with Crippen LogP contribution in [0.5, 0.6) is 0 Å². The maximum absolute atomic E-state index is 11.8. The second-order valence-corrected chi connectivity index (χ2v) is 4.03. The largest absolute Gasteiger partial charge is 0.465 e. The average molecular weight is 236 g/mol. The molecule has 0 aliphatic rings. The lowest BCUT2D eigenvalue weighted by atomic mass is 10.1. The number of carbonyl (C=O) groups excluding carboxylic acids is 2. The van der Waals surface area contributed by atoms with Crippen molar-refractivity contribution in [3.05, 3.63) is 35.4 Å². The summed E-state index contributed by atoms with van der Waals surface area (Å²) in [7, 11) is 1.28. The van der Waals surface area contributed by atoms with Gasteiger partial charge in [0.1, 0.15) is 0 Å². The Kier molecular flexibility index (Phi) is 4.69. The van der Waals surface area contributed by atoms with Gasteiger partial charge in [-0.15, -0.1) is 0 Å². The average Bonchev–Trinajstić information content (AvgIpc) is 2.34. The van der Waals surface area contributed by atoms with E-state index in [1.807, 2.05) is 13.8 Å². The van der Waals surface area contributed by atoms with Crippen molar-refractivity contribution in [2.45, 2.75) is 13.8 Å². The van der Waals surface area contributed by atoms with Crippen molar-refractivity contribution in [1.29, 1.82) is 0 Å². The van der Waals surface area contributed by atoms with Crippen LogP contribution in [0.2, 0.25) is 0 Å². The summed E-state index contributed by atoms with van der Waals surface area (Å²) in [4.78, 5) is 23.2. The summed E-state index contributed by atoms with van der Waals surface area (Å²) in [6.45, 7) is 4.22. The Bertz CT molecular complexity index is 410. The van der Waals surface area contributed by atoms with Gasteiger partial charge in [-0.1, -0.05) is 26.0 Å². The fourth-order valence-corrected chi connectivity index (χ4v) is 1.27. The molecule has 1 aromatic rings. The SMILES string of the molecule is COC(=O)c1ccccc1C(=O)OCC(C)C. The van der Waals surface area contributed by atoms with Gasteiger partial charge in [-0.3, -0.25) is 0 Å². The Morgan fingerprint density at radius 2 is 1.65 bits per heavy atom. The van der Waals surface area contributed by atoms with Crippen LogP contribution in [-0.2, 0) is 9.47 Å². The smallest absolute Gasteiger partial charge is 0.339 e. The van der Waals surface area contributed by atoms with Crippen molar-refractivity contribution in [3.8, 4) is 0 Å². The first kappa shape index (κ1) is 13.2. The molecule has 0 atom stereocenters. The minimum absolute atomic E-state index is 0.226. The molecule has 0 aliphatic carbocycles. The van der Waals surface area contributed by atoms with Gasteiger partial charge in [0, 0.05) is 0 Å². The first-order valence-corrected chi connectivity index (χ1v) is 5.40. The molecule has 4 heteroatoms. The maximum Gasteiger partial charge on any atom is 0.339 e. The molecule has 0 aliphatic heterocycles. The molecule has 92 valence electrons. The summed E-state index contributed by atoms with van der Waals surface area (Å²) in [5.74, 6) is -0.786. The number of carbonyl (C=O) groups is 2. The van der Waals surface area contributed by atoms with E-state index in [1.165, 1.54) is 13.2 Å². The predicted octanol–water partition coefficient (Wildman–Crippen LogP) is 2.29. The highest BCUT2D eigenvalue weighted by Gasteiger charge is 2.18. The normalized spacial score (nSPS) is 10.1. The molecule has 0 N–H and O–H groups in total. The highest BCUT2D eigenvalue weighted by atomic mass is 16.5. The fraction of sp³-hybridized carbons (Fsp3) is 0.385. The third-order valence-corrected chi connectivity index (χ3v) is 2.10.